The number of nitrogens with one attached hydrogen (secondary N) is 1. The van der Waals surface area contributed by atoms with Crippen LogP contribution < -0.4 is 5.32 Å². The van der Waals surface area contributed by atoms with Crippen LogP contribution in [0.1, 0.15) is 37.9 Å². The van der Waals surface area contributed by atoms with Gasteiger partial charge in [-0.15, -0.1) is 0 Å². The number of hydrogen-bond acceptors (Lipinski definition) is 3. The Labute approximate surface area is 142 Å². The Kier molecular flexibility index (Phi) is 4.41. The molecule has 1 aromatic carbocycles. The van der Waals surface area contributed by atoms with E-state index in [4.69, 9.17) is 0 Å². The van der Waals surface area contributed by atoms with E-state index in [2.05, 4.69) is 16.4 Å². The van der Waals surface area contributed by atoms with Crippen LogP contribution in [0.25, 0.3) is 11.0 Å². The van der Waals surface area contributed by atoms with Crippen molar-refractivity contribution in [1.29, 1.82) is 5.26 Å². The summed E-state index contributed by atoms with van der Waals surface area (Å²) in [6.07, 6.45) is -1.01. The highest BCUT2D eigenvalue weighted by Gasteiger charge is 2.39. The first kappa shape index (κ1) is 17.3. The van der Waals surface area contributed by atoms with Crippen LogP contribution in [0.4, 0.5) is 13.2 Å². The Morgan fingerprint density at radius 2 is 1.96 bits per heavy atom. The number of hydrogen-bond donors (Lipinski definition) is 1. The summed E-state index contributed by atoms with van der Waals surface area (Å²) in [4.78, 5) is 16.0. The van der Waals surface area contributed by atoms with Gasteiger partial charge in [0, 0.05) is 0 Å². The minimum atomic E-state index is -4.67. The summed E-state index contributed by atoms with van der Waals surface area (Å²) < 4.78 is 40.7. The molecule has 0 bridgehead atoms. The van der Waals surface area contributed by atoms with Crippen molar-refractivity contribution in [1.82, 2.24) is 14.9 Å². The Bertz CT molecular complexity index is 829. The van der Waals surface area contributed by atoms with Crippen molar-refractivity contribution in [2.75, 3.05) is 0 Å². The number of alkyl halides is 3. The van der Waals surface area contributed by atoms with Gasteiger partial charge in [0.15, 0.2) is 0 Å². The smallest absolute Gasteiger partial charge is 0.336 e. The van der Waals surface area contributed by atoms with Crippen molar-refractivity contribution < 1.29 is 18.0 Å². The molecular formula is C17H17F3N4O. The highest BCUT2D eigenvalue weighted by molar-refractivity contribution is 5.82. The van der Waals surface area contributed by atoms with Crippen molar-refractivity contribution in [3.05, 3.63) is 30.1 Å². The Morgan fingerprint density at radius 1 is 1.28 bits per heavy atom. The third-order valence-corrected chi connectivity index (χ3v) is 4.51. The van der Waals surface area contributed by atoms with E-state index in [0.717, 1.165) is 23.8 Å². The molecular weight excluding hydrogens is 333 g/mol. The number of fused-ring (bicyclic) bond motifs is 1. The molecule has 1 aromatic heterocycles. The maximum absolute atomic E-state index is 13.3. The number of nitrogens with zero attached hydrogens (tertiary/aromatic N) is 3. The number of nitriles is 1. The van der Waals surface area contributed by atoms with E-state index in [1.54, 1.807) is 12.1 Å². The molecule has 0 saturated heterocycles. The van der Waals surface area contributed by atoms with Crippen LogP contribution in [0.5, 0.6) is 0 Å². The SMILES string of the molecule is N#CC1(NC(=O)Cn2c(C(F)(F)F)nc3ccccc32)CCCCC1. The zero-order valence-corrected chi connectivity index (χ0v) is 13.4. The van der Waals surface area contributed by atoms with E-state index >= 15 is 0 Å². The molecule has 0 aliphatic heterocycles. The molecule has 5 nitrogen and oxygen atoms in total. The van der Waals surface area contributed by atoms with Gasteiger partial charge in [-0.3, -0.25) is 4.79 Å². The fourth-order valence-corrected chi connectivity index (χ4v) is 3.32. The van der Waals surface area contributed by atoms with Crippen LogP contribution >= 0.6 is 0 Å². The number of aromatic nitrogens is 2. The van der Waals surface area contributed by atoms with E-state index in [-0.39, 0.29) is 11.0 Å². The first-order valence-corrected chi connectivity index (χ1v) is 8.09. The second-order valence-corrected chi connectivity index (χ2v) is 6.31. The van der Waals surface area contributed by atoms with Crippen LogP contribution in [-0.4, -0.2) is 21.0 Å². The topological polar surface area (TPSA) is 70.7 Å². The molecule has 1 saturated carbocycles. The number of rotatable bonds is 3. The lowest BCUT2D eigenvalue weighted by Crippen LogP contribution is -2.49. The van der Waals surface area contributed by atoms with E-state index in [9.17, 15) is 23.2 Å². The van der Waals surface area contributed by atoms with Gasteiger partial charge >= 0.3 is 6.18 Å². The molecule has 0 spiro atoms. The van der Waals surface area contributed by atoms with Crippen molar-refractivity contribution in [3.63, 3.8) is 0 Å². The minimum Gasteiger partial charge on any atom is -0.336 e. The number of amides is 1. The van der Waals surface area contributed by atoms with Gasteiger partial charge in [-0.2, -0.15) is 18.4 Å². The lowest BCUT2D eigenvalue weighted by Gasteiger charge is -2.31. The Morgan fingerprint density at radius 3 is 2.60 bits per heavy atom. The average molecular weight is 350 g/mol. The third kappa shape index (κ3) is 3.45. The van der Waals surface area contributed by atoms with Gasteiger partial charge in [-0.25, -0.2) is 4.98 Å². The van der Waals surface area contributed by atoms with Gasteiger partial charge in [0.2, 0.25) is 11.7 Å². The fourth-order valence-electron chi connectivity index (χ4n) is 3.32. The molecule has 1 N–H and O–H groups in total. The molecule has 2 aromatic rings. The molecule has 1 aliphatic rings. The number of carbonyl (C=O) groups excluding carboxylic acids is 1. The number of halogens is 3. The predicted octanol–water partition coefficient (Wildman–Crippen LogP) is 3.40. The minimum absolute atomic E-state index is 0.176. The second kappa shape index (κ2) is 6.39. The van der Waals surface area contributed by atoms with Crippen molar-refractivity contribution >= 4 is 16.9 Å². The van der Waals surface area contributed by atoms with Gasteiger partial charge in [-0.05, 0) is 25.0 Å². The van der Waals surface area contributed by atoms with Crippen LogP contribution in [-0.2, 0) is 17.5 Å². The molecule has 3 rings (SSSR count). The summed E-state index contributed by atoms with van der Waals surface area (Å²) in [6.45, 7) is -0.529. The van der Waals surface area contributed by atoms with E-state index in [0.29, 0.717) is 12.8 Å². The fraction of sp³-hybridized carbons (Fsp3) is 0.471. The van der Waals surface area contributed by atoms with Crippen molar-refractivity contribution in [2.24, 2.45) is 0 Å². The Balaban J connectivity index is 1.89. The van der Waals surface area contributed by atoms with Crippen LogP contribution in [0.2, 0.25) is 0 Å². The molecule has 0 atom stereocenters. The molecule has 8 heteroatoms. The zero-order valence-electron chi connectivity index (χ0n) is 13.4. The standard InChI is InChI=1S/C17H17F3N4O/c18-17(19,20)15-22-12-6-2-3-7-13(12)24(15)10-14(25)23-16(11-21)8-4-1-5-9-16/h2-3,6-7H,1,4-5,8-10H2,(H,23,25). The summed E-state index contributed by atoms with van der Waals surface area (Å²) >= 11 is 0. The zero-order chi connectivity index (χ0) is 18.1. The van der Waals surface area contributed by atoms with E-state index in [1.807, 2.05) is 0 Å². The van der Waals surface area contributed by atoms with Crippen LogP contribution in [0.3, 0.4) is 0 Å². The van der Waals surface area contributed by atoms with Crippen molar-refractivity contribution in [2.45, 2.75) is 50.4 Å². The summed E-state index contributed by atoms with van der Waals surface area (Å²) in [5.74, 6) is -1.73. The molecule has 132 valence electrons. The Hall–Kier alpha value is -2.56. The maximum atomic E-state index is 13.3. The van der Waals surface area contributed by atoms with Crippen molar-refractivity contribution in [3.8, 4) is 6.07 Å². The average Bonchev–Trinajstić information content (AvgIpc) is 2.94. The molecule has 1 fully saturated rings. The molecule has 25 heavy (non-hydrogen) atoms. The predicted molar refractivity (Wildman–Crippen MR) is 84.3 cm³/mol. The highest BCUT2D eigenvalue weighted by Crippen LogP contribution is 2.32. The molecule has 1 heterocycles. The van der Waals surface area contributed by atoms with Gasteiger partial charge in [0.1, 0.15) is 12.1 Å². The molecule has 1 aliphatic carbocycles. The van der Waals surface area contributed by atoms with Gasteiger partial charge in [0.05, 0.1) is 17.1 Å². The second-order valence-electron chi connectivity index (χ2n) is 6.31. The van der Waals surface area contributed by atoms with Crippen LogP contribution in [0.15, 0.2) is 24.3 Å². The van der Waals surface area contributed by atoms with Gasteiger partial charge in [0.25, 0.3) is 0 Å². The van der Waals surface area contributed by atoms with E-state index < -0.39 is 30.0 Å². The lowest BCUT2D eigenvalue weighted by atomic mass is 9.83. The normalized spacial score (nSPS) is 17.2. The summed E-state index contributed by atoms with van der Waals surface area (Å²) in [5.41, 5.74) is -0.570. The summed E-state index contributed by atoms with van der Waals surface area (Å²) in [7, 11) is 0. The molecule has 1 amide bonds. The lowest BCUT2D eigenvalue weighted by molar-refractivity contribution is -0.147. The first-order valence-electron chi connectivity index (χ1n) is 8.09. The highest BCUT2D eigenvalue weighted by atomic mass is 19.4. The summed E-state index contributed by atoms with van der Waals surface area (Å²) in [6, 6.07) is 8.28. The summed E-state index contributed by atoms with van der Waals surface area (Å²) in [5, 5.41) is 12.1. The number of para-hydroxylation sites is 2. The number of carbonyl (C=O) groups is 1. The maximum Gasteiger partial charge on any atom is 0.449 e. The third-order valence-electron chi connectivity index (χ3n) is 4.51. The van der Waals surface area contributed by atoms with Gasteiger partial charge in [-0.1, -0.05) is 31.4 Å². The number of benzene rings is 1. The van der Waals surface area contributed by atoms with Gasteiger partial charge < -0.3 is 9.88 Å². The van der Waals surface area contributed by atoms with Crippen LogP contribution in [0, 0.1) is 11.3 Å². The number of imidazole rings is 1. The largest absolute Gasteiger partial charge is 0.449 e. The molecule has 0 radical (unpaired) electrons. The molecule has 0 unspecified atom stereocenters. The quantitative estimate of drug-likeness (QED) is 0.922. The first-order chi connectivity index (χ1) is 11.8. The van der Waals surface area contributed by atoms with E-state index in [1.165, 1.54) is 12.1 Å². The monoisotopic (exact) mass is 350 g/mol.